The lowest BCUT2D eigenvalue weighted by Crippen LogP contribution is -1.94. The van der Waals surface area contributed by atoms with Crippen LogP contribution in [0.4, 0.5) is 22.7 Å². The Hall–Kier alpha value is -3.26. The highest BCUT2D eigenvalue weighted by atomic mass is 14.9. The van der Waals surface area contributed by atoms with Gasteiger partial charge in [-0.15, -0.1) is 0 Å². The highest BCUT2D eigenvalue weighted by Gasteiger charge is 2.17. The van der Waals surface area contributed by atoms with Gasteiger partial charge in [-0.25, -0.2) is 0 Å². The van der Waals surface area contributed by atoms with E-state index in [1.807, 2.05) is 0 Å². The van der Waals surface area contributed by atoms with Crippen molar-refractivity contribution in [1.82, 2.24) is 0 Å². The molecule has 0 bridgehead atoms. The van der Waals surface area contributed by atoms with Gasteiger partial charge in [0.2, 0.25) is 0 Å². The molecule has 0 atom stereocenters. The van der Waals surface area contributed by atoms with Crippen LogP contribution in [-0.2, 0) is 12.8 Å². The van der Waals surface area contributed by atoms with Crippen molar-refractivity contribution >= 4 is 33.5 Å². The summed E-state index contributed by atoms with van der Waals surface area (Å²) in [6.07, 6.45) is 2.23. The van der Waals surface area contributed by atoms with Crippen molar-refractivity contribution in [1.29, 1.82) is 0 Å². The normalized spacial score (nSPS) is 12.4. The van der Waals surface area contributed by atoms with E-state index in [4.69, 9.17) is 0 Å². The summed E-state index contributed by atoms with van der Waals surface area (Å²) in [5, 5.41) is 9.92. The van der Waals surface area contributed by atoms with Crippen LogP contribution in [0.3, 0.4) is 0 Å². The summed E-state index contributed by atoms with van der Waals surface area (Å²) in [5.41, 5.74) is 10.0. The summed E-state index contributed by atoms with van der Waals surface area (Å²) in [7, 11) is 0. The Balaban J connectivity index is 1.53. The van der Waals surface area contributed by atoms with Gasteiger partial charge in [0.05, 0.1) is 0 Å². The predicted octanol–water partition coefficient (Wildman–Crippen LogP) is 7.04. The average molecular weight is 364 g/mol. The number of rotatable bonds is 4. The summed E-state index contributed by atoms with van der Waals surface area (Å²) in [4.78, 5) is 0. The molecule has 5 rings (SSSR count). The molecule has 1 aliphatic carbocycles. The Labute approximate surface area is 166 Å². The summed E-state index contributed by atoms with van der Waals surface area (Å²) in [6, 6.07) is 26.2. The van der Waals surface area contributed by atoms with Crippen molar-refractivity contribution in [3.63, 3.8) is 0 Å². The number of nitrogens with one attached hydrogen (secondary N) is 2. The van der Waals surface area contributed by atoms with Crippen LogP contribution in [0.15, 0.2) is 72.8 Å². The van der Waals surface area contributed by atoms with E-state index in [0.29, 0.717) is 0 Å². The van der Waals surface area contributed by atoms with Crippen LogP contribution in [-0.4, -0.2) is 0 Å². The second kappa shape index (κ2) is 6.72. The third-order valence-corrected chi connectivity index (χ3v) is 5.49. The Kier molecular flexibility index (Phi) is 4.05. The second-order valence-corrected chi connectivity index (χ2v) is 7.86. The molecule has 0 aliphatic heterocycles. The van der Waals surface area contributed by atoms with Gasteiger partial charge >= 0.3 is 0 Å². The number of hydrogen-bond acceptors (Lipinski definition) is 2. The third kappa shape index (κ3) is 3.22. The van der Waals surface area contributed by atoms with Crippen LogP contribution in [0, 0.1) is 13.8 Å². The van der Waals surface area contributed by atoms with Crippen LogP contribution in [0.1, 0.15) is 22.3 Å². The first-order chi connectivity index (χ1) is 13.6. The fraction of sp³-hybridized carbons (Fsp3) is 0.154. The van der Waals surface area contributed by atoms with E-state index in [1.165, 1.54) is 33.0 Å². The quantitative estimate of drug-likeness (QED) is 0.406. The molecule has 0 heterocycles. The van der Waals surface area contributed by atoms with Crippen molar-refractivity contribution in [3.05, 3.63) is 95.1 Å². The summed E-state index contributed by atoms with van der Waals surface area (Å²) < 4.78 is 0. The molecule has 0 amide bonds. The zero-order valence-electron chi connectivity index (χ0n) is 16.3. The molecule has 0 radical (unpaired) electrons. The van der Waals surface area contributed by atoms with Gasteiger partial charge in [0, 0.05) is 22.7 Å². The van der Waals surface area contributed by atoms with Crippen LogP contribution >= 0.6 is 0 Å². The van der Waals surface area contributed by atoms with Crippen molar-refractivity contribution in [2.75, 3.05) is 10.6 Å². The highest BCUT2D eigenvalue weighted by Crippen LogP contribution is 2.37. The molecule has 0 fully saturated rings. The minimum Gasteiger partial charge on any atom is -0.355 e. The van der Waals surface area contributed by atoms with Crippen LogP contribution in [0.2, 0.25) is 0 Å². The maximum Gasteiger partial charge on any atom is 0.0393 e. The van der Waals surface area contributed by atoms with E-state index in [1.54, 1.807) is 0 Å². The Bertz CT molecular complexity index is 1100. The van der Waals surface area contributed by atoms with Crippen molar-refractivity contribution in [2.45, 2.75) is 26.7 Å². The van der Waals surface area contributed by atoms with Crippen molar-refractivity contribution < 1.29 is 0 Å². The lowest BCUT2D eigenvalue weighted by atomic mass is 10.0. The van der Waals surface area contributed by atoms with Gasteiger partial charge in [0.1, 0.15) is 0 Å². The molecule has 2 nitrogen and oxygen atoms in total. The topological polar surface area (TPSA) is 24.1 Å². The molecule has 2 N–H and O–H groups in total. The lowest BCUT2D eigenvalue weighted by Gasteiger charge is -2.13. The van der Waals surface area contributed by atoms with Gasteiger partial charge in [-0.3, -0.25) is 0 Å². The van der Waals surface area contributed by atoms with Gasteiger partial charge in [0.25, 0.3) is 0 Å². The zero-order valence-corrected chi connectivity index (χ0v) is 16.3. The molecule has 0 saturated carbocycles. The highest BCUT2D eigenvalue weighted by molar-refractivity contribution is 5.96. The van der Waals surface area contributed by atoms with E-state index in [2.05, 4.69) is 97.3 Å². The smallest absolute Gasteiger partial charge is 0.0393 e. The molecule has 28 heavy (non-hydrogen) atoms. The fourth-order valence-electron chi connectivity index (χ4n) is 4.29. The second-order valence-electron chi connectivity index (χ2n) is 7.86. The molecule has 4 aromatic rings. The number of hydrogen-bond donors (Lipinski definition) is 2. The molecule has 0 aromatic heterocycles. The summed E-state index contributed by atoms with van der Waals surface area (Å²) in [5.74, 6) is 0. The SMILES string of the molecule is Cc1cccc(Nc2cc3c4c(cc(Nc5cccc(C)c5)cc4c2)CC3)c1. The molecule has 0 saturated heterocycles. The zero-order chi connectivity index (χ0) is 19.1. The van der Waals surface area contributed by atoms with Gasteiger partial charge in [-0.2, -0.15) is 0 Å². The Morgan fingerprint density at radius 3 is 1.54 bits per heavy atom. The first-order valence-corrected chi connectivity index (χ1v) is 9.91. The van der Waals surface area contributed by atoms with Gasteiger partial charge < -0.3 is 10.6 Å². The standard InChI is InChI=1S/C26H24N2/c1-17-5-3-7-22(11-17)27-24-13-19-9-10-20-14-25(16-21(15-24)26(19)20)28-23-8-4-6-18(2)12-23/h3-8,11-16,27-28H,9-10H2,1-2H3. The predicted molar refractivity (Wildman–Crippen MR) is 120 cm³/mol. The first-order valence-electron chi connectivity index (χ1n) is 9.91. The molecular formula is C26H24N2. The van der Waals surface area contributed by atoms with Crippen LogP contribution in [0.25, 0.3) is 10.8 Å². The van der Waals surface area contributed by atoms with Gasteiger partial charge in [-0.1, -0.05) is 24.3 Å². The lowest BCUT2D eigenvalue weighted by molar-refractivity contribution is 1.02. The molecule has 138 valence electrons. The third-order valence-electron chi connectivity index (χ3n) is 5.49. The Morgan fingerprint density at radius 1 is 0.571 bits per heavy atom. The molecule has 0 spiro atoms. The van der Waals surface area contributed by atoms with E-state index in [0.717, 1.165) is 35.6 Å². The molecular weight excluding hydrogens is 340 g/mol. The number of aryl methyl sites for hydroxylation is 4. The van der Waals surface area contributed by atoms with E-state index in [9.17, 15) is 0 Å². The molecule has 4 aromatic carbocycles. The van der Waals surface area contributed by atoms with Crippen LogP contribution in [0.5, 0.6) is 0 Å². The monoisotopic (exact) mass is 364 g/mol. The maximum absolute atomic E-state index is 3.59. The van der Waals surface area contributed by atoms with E-state index in [-0.39, 0.29) is 0 Å². The van der Waals surface area contributed by atoms with Crippen molar-refractivity contribution in [2.24, 2.45) is 0 Å². The summed E-state index contributed by atoms with van der Waals surface area (Å²) >= 11 is 0. The number of anilines is 4. The minimum absolute atomic E-state index is 1.11. The maximum atomic E-state index is 3.59. The molecule has 0 unspecified atom stereocenters. The minimum atomic E-state index is 1.11. The molecule has 2 heteroatoms. The van der Waals surface area contributed by atoms with E-state index < -0.39 is 0 Å². The van der Waals surface area contributed by atoms with E-state index >= 15 is 0 Å². The summed E-state index contributed by atoms with van der Waals surface area (Å²) in [6.45, 7) is 4.25. The van der Waals surface area contributed by atoms with Crippen LogP contribution < -0.4 is 10.6 Å². The van der Waals surface area contributed by atoms with Gasteiger partial charge in [0.15, 0.2) is 0 Å². The van der Waals surface area contributed by atoms with Crippen molar-refractivity contribution in [3.8, 4) is 0 Å². The Morgan fingerprint density at radius 2 is 1.07 bits per heavy atom. The number of benzene rings is 4. The molecule has 1 aliphatic rings. The largest absolute Gasteiger partial charge is 0.355 e. The first kappa shape index (κ1) is 16.9. The fourth-order valence-corrected chi connectivity index (χ4v) is 4.29. The average Bonchev–Trinajstić information content (AvgIpc) is 3.05. The van der Waals surface area contributed by atoms with Gasteiger partial charge in [-0.05, 0) is 108 Å².